The molecule has 4 aromatic rings. The van der Waals surface area contributed by atoms with Gasteiger partial charge in [0.2, 0.25) is 0 Å². The topological polar surface area (TPSA) is 65.8 Å². The highest BCUT2D eigenvalue weighted by Gasteiger charge is 2.29. The summed E-state index contributed by atoms with van der Waals surface area (Å²) < 4.78 is 15.8. The normalized spacial score (nSPS) is 17.3. The van der Waals surface area contributed by atoms with Gasteiger partial charge in [-0.2, -0.15) is 0 Å². The van der Waals surface area contributed by atoms with Crippen LogP contribution in [0.4, 0.5) is 10.1 Å². The Bertz CT molecular complexity index is 1270. The largest absolute Gasteiger partial charge is 0.319 e. The van der Waals surface area contributed by atoms with Crippen molar-refractivity contribution < 1.29 is 9.18 Å². The average Bonchev–Trinajstić information content (AvgIpc) is 3.25. The van der Waals surface area contributed by atoms with Gasteiger partial charge in [-0.25, -0.2) is 4.39 Å². The Morgan fingerprint density at radius 3 is 2.64 bits per heavy atom. The van der Waals surface area contributed by atoms with Gasteiger partial charge >= 0.3 is 0 Å². The van der Waals surface area contributed by atoms with Crippen LogP contribution in [0.25, 0.3) is 5.65 Å². The molecule has 1 atom stereocenters. The van der Waals surface area contributed by atoms with Crippen molar-refractivity contribution in [2.45, 2.75) is 12.6 Å². The summed E-state index contributed by atoms with van der Waals surface area (Å²) in [7, 11) is 2.08. The number of hydrogen-bond acceptors (Lipinski definition) is 5. The van der Waals surface area contributed by atoms with Gasteiger partial charge in [-0.3, -0.25) is 19.0 Å². The zero-order valence-corrected chi connectivity index (χ0v) is 18.4. The number of benzene rings is 2. The van der Waals surface area contributed by atoms with Crippen LogP contribution in [0.5, 0.6) is 0 Å². The van der Waals surface area contributed by atoms with Crippen molar-refractivity contribution in [3.63, 3.8) is 0 Å². The molecule has 1 N–H and O–H groups in total. The van der Waals surface area contributed by atoms with Crippen LogP contribution in [0.15, 0.2) is 72.9 Å². The third-order valence-electron chi connectivity index (χ3n) is 6.09. The summed E-state index contributed by atoms with van der Waals surface area (Å²) in [5.41, 5.74) is 2.50. The molecule has 33 heavy (non-hydrogen) atoms. The molecule has 8 heteroatoms. The zero-order chi connectivity index (χ0) is 22.8. The summed E-state index contributed by atoms with van der Waals surface area (Å²) in [4.78, 5) is 17.5. The van der Waals surface area contributed by atoms with Crippen LogP contribution in [-0.4, -0.2) is 57.0 Å². The van der Waals surface area contributed by atoms with Crippen molar-refractivity contribution in [3.8, 4) is 0 Å². The van der Waals surface area contributed by atoms with Crippen LogP contribution in [0, 0.1) is 5.82 Å². The van der Waals surface area contributed by atoms with E-state index in [-0.39, 0.29) is 17.6 Å². The van der Waals surface area contributed by atoms with E-state index in [2.05, 4.69) is 56.6 Å². The van der Waals surface area contributed by atoms with Crippen molar-refractivity contribution in [2.24, 2.45) is 0 Å². The predicted octanol–water partition coefficient (Wildman–Crippen LogP) is 3.61. The van der Waals surface area contributed by atoms with E-state index in [1.165, 1.54) is 17.7 Å². The third-order valence-corrected chi connectivity index (χ3v) is 6.09. The number of nitrogens with one attached hydrogen (secondary N) is 1. The lowest BCUT2D eigenvalue weighted by Crippen LogP contribution is -2.46. The quantitative estimate of drug-likeness (QED) is 0.510. The first kappa shape index (κ1) is 21.2. The number of carbonyl (C=O) groups excluding carboxylic acids is 1. The van der Waals surface area contributed by atoms with Crippen LogP contribution < -0.4 is 5.32 Å². The highest BCUT2D eigenvalue weighted by molar-refractivity contribution is 6.04. The van der Waals surface area contributed by atoms with Crippen LogP contribution in [0.1, 0.15) is 27.8 Å². The molecule has 5 rings (SSSR count). The molecular weight excluding hydrogens is 419 g/mol. The van der Waals surface area contributed by atoms with Gasteiger partial charge in [-0.1, -0.05) is 42.5 Å². The summed E-state index contributed by atoms with van der Waals surface area (Å²) in [6.45, 7) is 3.55. The number of amides is 1. The molecule has 0 aliphatic carbocycles. The minimum absolute atomic E-state index is 0.0299. The monoisotopic (exact) mass is 444 g/mol. The highest BCUT2D eigenvalue weighted by atomic mass is 19.1. The number of rotatable bonds is 5. The number of fused-ring (bicyclic) bond motifs is 1. The first-order valence-corrected chi connectivity index (χ1v) is 11.0. The van der Waals surface area contributed by atoms with Gasteiger partial charge in [0, 0.05) is 32.4 Å². The number of hydrogen-bond donors (Lipinski definition) is 1. The Hall–Kier alpha value is -3.62. The number of nitrogens with zero attached hydrogens (tertiary/aromatic N) is 5. The minimum Gasteiger partial charge on any atom is -0.319 e. The van der Waals surface area contributed by atoms with Gasteiger partial charge in [0.15, 0.2) is 11.5 Å². The lowest BCUT2D eigenvalue weighted by atomic mass is 10.1. The number of likely N-dealkylation sites (N-methyl/N-ethyl adjacent to an activating group) is 1. The van der Waals surface area contributed by atoms with Crippen molar-refractivity contribution in [2.75, 3.05) is 32.0 Å². The molecule has 1 aliphatic heterocycles. The van der Waals surface area contributed by atoms with Gasteiger partial charge in [0.05, 0.1) is 17.3 Å². The van der Waals surface area contributed by atoms with E-state index >= 15 is 0 Å². The Kier molecular flexibility index (Phi) is 5.85. The number of halogens is 1. The van der Waals surface area contributed by atoms with Gasteiger partial charge in [0.25, 0.3) is 5.91 Å². The zero-order valence-electron chi connectivity index (χ0n) is 18.4. The molecule has 3 heterocycles. The SMILES string of the molecule is CN1CCN(Cc2ccccc2)CC1c1nnc2ccc(C(=O)Nc3ccccc3F)cn12. The van der Waals surface area contributed by atoms with Crippen molar-refractivity contribution in [3.05, 3.63) is 95.7 Å². The number of carbonyl (C=O) groups is 1. The standard InChI is InChI=1S/C25H25FN6O/c1-30-13-14-31(15-18-7-3-2-4-8-18)17-22(30)24-29-28-23-12-11-19(16-32(23)24)25(33)27-21-10-6-5-9-20(21)26/h2-12,16,22H,13-15,17H2,1H3,(H,27,33). The summed E-state index contributed by atoms with van der Waals surface area (Å²) in [6.07, 6.45) is 1.73. The molecule has 0 saturated carbocycles. The molecule has 0 spiro atoms. The fraction of sp³-hybridized carbons (Fsp3) is 0.240. The molecule has 0 radical (unpaired) electrons. The van der Waals surface area contributed by atoms with Crippen molar-refractivity contribution >= 4 is 17.2 Å². The van der Waals surface area contributed by atoms with E-state index in [1.54, 1.807) is 30.5 Å². The molecule has 1 amide bonds. The number of anilines is 1. The molecule has 0 bridgehead atoms. The Balaban J connectivity index is 1.39. The van der Waals surface area contributed by atoms with Crippen molar-refractivity contribution in [1.82, 2.24) is 24.4 Å². The minimum atomic E-state index is -0.473. The van der Waals surface area contributed by atoms with E-state index in [0.717, 1.165) is 32.0 Å². The fourth-order valence-electron chi connectivity index (χ4n) is 4.22. The Morgan fingerprint density at radius 1 is 1.03 bits per heavy atom. The first-order valence-electron chi connectivity index (χ1n) is 11.0. The summed E-state index contributed by atoms with van der Waals surface area (Å²) in [5, 5.41) is 11.4. The Morgan fingerprint density at radius 2 is 1.82 bits per heavy atom. The second-order valence-corrected chi connectivity index (χ2v) is 8.36. The molecular formula is C25H25FN6O. The molecule has 1 unspecified atom stereocenters. The maximum absolute atomic E-state index is 14.0. The maximum Gasteiger partial charge on any atom is 0.257 e. The summed E-state index contributed by atoms with van der Waals surface area (Å²) >= 11 is 0. The molecule has 168 valence electrons. The van der Waals surface area contributed by atoms with Crippen LogP contribution in [0.2, 0.25) is 0 Å². The second kappa shape index (κ2) is 9.09. The molecule has 1 saturated heterocycles. The second-order valence-electron chi connectivity index (χ2n) is 8.36. The number of piperazine rings is 1. The number of aromatic nitrogens is 3. The molecule has 7 nitrogen and oxygen atoms in total. The molecule has 2 aromatic carbocycles. The van der Waals surface area contributed by atoms with Crippen LogP contribution >= 0.6 is 0 Å². The predicted molar refractivity (Wildman–Crippen MR) is 124 cm³/mol. The number of para-hydroxylation sites is 1. The van der Waals surface area contributed by atoms with E-state index in [1.807, 2.05) is 10.5 Å². The van der Waals surface area contributed by atoms with Crippen LogP contribution in [-0.2, 0) is 6.54 Å². The molecule has 2 aromatic heterocycles. The first-order chi connectivity index (χ1) is 16.1. The van der Waals surface area contributed by atoms with E-state index in [0.29, 0.717) is 11.2 Å². The maximum atomic E-state index is 14.0. The third kappa shape index (κ3) is 4.48. The average molecular weight is 445 g/mol. The smallest absolute Gasteiger partial charge is 0.257 e. The Labute approximate surface area is 191 Å². The van der Waals surface area contributed by atoms with E-state index < -0.39 is 5.82 Å². The van der Waals surface area contributed by atoms with Crippen molar-refractivity contribution in [1.29, 1.82) is 0 Å². The summed E-state index contributed by atoms with van der Waals surface area (Å²) in [5.74, 6) is -0.0746. The van der Waals surface area contributed by atoms with Gasteiger partial charge in [-0.05, 0) is 36.9 Å². The molecule has 1 fully saturated rings. The summed E-state index contributed by atoms with van der Waals surface area (Å²) in [6, 6.07) is 20.0. The lowest BCUT2D eigenvalue weighted by molar-refractivity contribution is 0.0852. The highest BCUT2D eigenvalue weighted by Crippen LogP contribution is 2.25. The van der Waals surface area contributed by atoms with Gasteiger partial charge < -0.3 is 5.32 Å². The van der Waals surface area contributed by atoms with Crippen LogP contribution in [0.3, 0.4) is 0 Å². The van der Waals surface area contributed by atoms with Gasteiger partial charge in [0.1, 0.15) is 5.82 Å². The molecule has 1 aliphatic rings. The van der Waals surface area contributed by atoms with E-state index in [9.17, 15) is 9.18 Å². The van der Waals surface area contributed by atoms with E-state index in [4.69, 9.17) is 0 Å². The fourth-order valence-corrected chi connectivity index (χ4v) is 4.22. The van der Waals surface area contributed by atoms with Gasteiger partial charge in [-0.15, -0.1) is 10.2 Å². The lowest BCUT2D eigenvalue weighted by Gasteiger charge is -2.38. The number of pyridine rings is 1.